The first-order chi connectivity index (χ1) is 15.2. The van der Waals surface area contributed by atoms with E-state index in [4.69, 9.17) is 0 Å². The van der Waals surface area contributed by atoms with Gasteiger partial charge in [-0.25, -0.2) is 14.8 Å². The second kappa shape index (κ2) is 8.73. The van der Waals surface area contributed by atoms with Crippen LogP contribution in [0, 0.1) is 13.8 Å². The molecule has 0 aliphatic carbocycles. The van der Waals surface area contributed by atoms with E-state index in [1.165, 1.54) is 22.4 Å². The van der Waals surface area contributed by atoms with Gasteiger partial charge in [-0.1, -0.05) is 0 Å². The number of anilines is 3. The minimum absolute atomic E-state index is 0.219. The van der Waals surface area contributed by atoms with Gasteiger partial charge in [-0.15, -0.1) is 11.3 Å². The fourth-order valence-electron chi connectivity index (χ4n) is 3.29. The van der Waals surface area contributed by atoms with Gasteiger partial charge in [0.25, 0.3) is 0 Å². The lowest BCUT2D eigenvalue weighted by atomic mass is 10.1. The Kier molecular flexibility index (Phi) is 6.00. The lowest BCUT2D eigenvalue weighted by molar-refractivity contribution is -0.137. The molecule has 7 nitrogen and oxygen atoms in total. The Morgan fingerprint density at radius 3 is 2.72 bits per heavy atom. The summed E-state index contributed by atoms with van der Waals surface area (Å²) in [5, 5.41) is 6.55. The van der Waals surface area contributed by atoms with Crippen LogP contribution in [0.4, 0.5) is 34.6 Å². The molecule has 3 aromatic heterocycles. The zero-order valence-electron chi connectivity index (χ0n) is 17.5. The molecule has 1 aliphatic heterocycles. The number of fused-ring (bicyclic) bond motifs is 1. The number of aryl methyl sites for hydroxylation is 2. The third-order valence-corrected chi connectivity index (χ3v) is 6.09. The topological polar surface area (TPSA) is 83.0 Å². The van der Waals surface area contributed by atoms with Gasteiger partial charge in [0.15, 0.2) is 10.9 Å². The van der Waals surface area contributed by atoms with E-state index < -0.39 is 17.8 Å². The van der Waals surface area contributed by atoms with Crippen LogP contribution in [-0.4, -0.2) is 34.1 Å². The van der Waals surface area contributed by atoms with Crippen LogP contribution in [-0.2, 0) is 6.18 Å². The van der Waals surface area contributed by atoms with Gasteiger partial charge in [0.05, 0.1) is 22.6 Å². The molecule has 3 aromatic rings. The highest BCUT2D eigenvalue weighted by Gasteiger charge is 2.31. The maximum absolute atomic E-state index is 13.1. The molecule has 0 atom stereocenters. The highest BCUT2D eigenvalue weighted by molar-refractivity contribution is 7.15. The molecule has 0 aromatic carbocycles. The highest BCUT2D eigenvalue weighted by Crippen LogP contribution is 2.34. The van der Waals surface area contributed by atoms with Crippen molar-refractivity contribution in [3.63, 3.8) is 0 Å². The Bertz CT molecular complexity index is 1130. The standard InChI is InChI=1S/C21H21F3N6OS/c1-12-13(2)32-19(27-12)29-20(31)30-8-4-3-7-26-17-6-5-16(28-18(17)30)14-9-15(11-25-10-14)21(22,23)24/h5-6,9-11,26H,3-4,7-8H2,1-2H3,(H,27,29,31). The lowest BCUT2D eigenvalue weighted by Gasteiger charge is -2.27. The highest BCUT2D eigenvalue weighted by atomic mass is 32.1. The van der Waals surface area contributed by atoms with Crippen molar-refractivity contribution in [2.75, 3.05) is 28.6 Å². The molecule has 0 bridgehead atoms. The lowest BCUT2D eigenvalue weighted by Crippen LogP contribution is -2.38. The van der Waals surface area contributed by atoms with E-state index in [2.05, 4.69) is 25.6 Å². The smallest absolute Gasteiger partial charge is 0.382 e. The van der Waals surface area contributed by atoms with Crippen molar-refractivity contribution in [3.05, 3.63) is 46.7 Å². The maximum Gasteiger partial charge on any atom is 0.417 e. The third kappa shape index (κ3) is 4.67. The van der Waals surface area contributed by atoms with Gasteiger partial charge in [-0.3, -0.25) is 15.2 Å². The summed E-state index contributed by atoms with van der Waals surface area (Å²) in [7, 11) is 0. The predicted molar refractivity (Wildman–Crippen MR) is 118 cm³/mol. The minimum atomic E-state index is -4.51. The molecule has 0 spiro atoms. The van der Waals surface area contributed by atoms with Crippen LogP contribution in [0.3, 0.4) is 0 Å². The first-order valence-electron chi connectivity index (χ1n) is 10.0. The monoisotopic (exact) mass is 462 g/mol. The van der Waals surface area contributed by atoms with Crippen molar-refractivity contribution < 1.29 is 18.0 Å². The van der Waals surface area contributed by atoms with E-state index in [1.807, 2.05) is 13.8 Å². The van der Waals surface area contributed by atoms with Crippen molar-refractivity contribution in [2.24, 2.45) is 0 Å². The number of nitrogens with zero attached hydrogens (tertiary/aromatic N) is 4. The van der Waals surface area contributed by atoms with Crippen LogP contribution in [0.15, 0.2) is 30.6 Å². The summed E-state index contributed by atoms with van der Waals surface area (Å²) in [4.78, 5) is 28.2. The number of carbonyl (C=O) groups is 1. The summed E-state index contributed by atoms with van der Waals surface area (Å²) < 4.78 is 39.4. The number of amides is 2. The molecule has 4 rings (SSSR count). The Morgan fingerprint density at radius 1 is 1.19 bits per heavy atom. The number of carbonyl (C=O) groups excluding carboxylic acids is 1. The first kappa shape index (κ1) is 22.0. The van der Waals surface area contributed by atoms with Gasteiger partial charge in [0.1, 0.15) is 0 Å². The average molecular weight is 463 g/mol. The molecular weight excluding hydrogens is 441 g/mol. The number of urea groups is 1. The van der Waals surface area contributed by atoms with Gasteiger partial charge >= 0.3 is 12.2 Å². The van der Waals surface area contributed by atoms with Crippen molar-refractivity contribution >= 4 is 34.0 Å². The molecule has 1 aliphatic rings. The summed E-state index contributed by atoms with van der Waals surface area (Å²) in [5.41, 5.74) is 1.14. The largest absolute Gasteiger partial charge is 0.417 e. The number of rotatable bonds is 2. The number of hydrogen-bond donors (Lipinski definition) is 2. The number of thiazole rings is 1. The summed E-state index contributed by atoms with van der Waals surface area (Å²) in [5.74, 6) is 0.349. The van der Waals surface area contributed by atoms with E-state index in [-0.39, 0.29) is 5.56 Å². The molecule has 0 saturated carbocycles. The molecule has 11 heteroatoms. The second-order valence-electron chi connectivity index (χ2n) is 7.40. The fraction of sp³-hybridized carbons (Fsp3) is 0.333. The number of pyridine rings is 2. The molecule has 2 N–H and O–H groups in total. The maximum atomic E-state index is 13.1. The van der Waals surface area contributed by atoms with Crippen molar-refractivity contribution in [2.45, 2.75) is 32.9 Å². The van der Waals surface area contributed by atoms with Crippen molar-refractivity contribution in [1.82, 2.24) is 15.0 Å². The summed E-state index contributed by atoms with van der Waals surface area (Å²) in [6.07, 6.45) is -0.808. The average Bonchev–Trinajstić information content (AvgIpc) is 3.04. The third-order valence-electron chi connectivity index (χ3n) is 5.10. The van der Waals surface area contributed by atoms with E-state index >= 15 is 0 Å². The molecular formula is C21H21F3N6OS. The minimum Gasteiger partial charge on any atom is -0.382 e. The van der Waals surface area contributed by atoms with Gasteiger partial charge < -0.3 is 5.32 Å². The number of aromatic nitrogens is 3. The van der Waals surface area contributed by atoms with Gasteiger partial charge in [0, 0.05) is 35.9 Å². The van der Waals surface area contributed by atoms with E-state index in [0.29, 0.717) is 35.4 Å². The summed E-state index contributed by atoms with van der Waals surface area (Å²) in [6, 6.07) is 3.95. The van der Waals surface area contributed by atoms with Crippen LogP contribution < -0.4 is 15.5 Å². The van der Waals surface area contributed by atoms with E-state index in [9.17, 15) is 18.0 Å². The molecule has 0 unspecified atom stereocenters. The Balaban J connectivity index is 1.70. The zero-order valence-corrected chi connectivity index (χ0v) is 18.3. The van der Waals surface area contributed by atoms with Crippen LogP contribution in [0.25, 0.3) is 11.3 Å². The zero-order chi connectivity index (χ0) is 22.9. The number of alkyl halides is 3. The van der Waals surface area contributed by atoms with Crippen molar-refractivity contribution in [3.8, 4) is 11.3 Å². The summed E-state index contributed by atoms with van der Waals surface area (Å²) in [6.45, 7) is 4.92. The summed E-state index contributed by atoms with van der Waals surface area (Å²) >= 11 is 1.38. The normalized spacial score (nSPS) is 14.2. The van der Waals surface area contributed by atoms with Gasteiger partial charge in [0.2, 0.25) is 0 Å². The quantitative estimate of drug-likeness (QED) is 0.527. The van der Waals surface area contributed by atoms with E-state index in [0.717, 1.165) is 35.7 Å². The molecule has 32 heavy (non-hydrogen) atoms. The molecule has 2 amide bonds. The number of hydrogen-bond acceptors (Lipinski definition) is 6. The molecule has 168 valence electrons. The Labute approximate surface area is 186 Å². The molecule has 0 saturated heterocycles. The fourth-order valence-corrected chi connectivity index (χ4v) is 4.10. The molecule has 0 radical (unpaired) electrons. The van der Waals surface area contributed by atoms with Crippen LogP contribution in [0.1, 0.15) is 29.0 Å². The number of halogens is 3. The second-order valence-corrected chi connectivity index (χ2v) is 8.61. The Morgan fingerprint density at radius 2 is 2.00 bits per heavy atom. The van der Waals surface area contributed by atoms with E-state index in [1.54, 1.807) is 12.1 Å². The van der Waals surface area contributed by atoms with Crippen LogP contribution >= 0.6 is 11.3 Å². The molecule has 0 fully saturated rings. The van der Waals surface area contributed by atoms with Gasteiger partial charge in [-0.05, 0) is 44.9 Å². The van der Waals surface area contributed by atoms with Gasteiger partial charge in [-0.2, -0.15) is 13.2 Å². The van der Waals surface area contributed by atoms with Crippen LogP contribution in [0.2, 0.25) is 0 Å². The molecule has 4 heterocycles. The number of nitrogens with one attached hydrogen (secondary N) is 2. The predicted octanol–water partition coefficient (Wildman–Crippen LogP) is 5.48. The SMILES string of the molecule is Cc1nc(NC(=O)N2CCCCNc3ccc(-c4cncc(C(F)(F)F)c4)nc32)sc1C. The Hall–Kier alpha value is -3.21. The van der Waals surface area contributed by atoms with Crippen molar-refractivity contribution in [1.29, 1.82) is 0 Å². The van der Waals surface area contributed by atoms with Crippen LogP contribution in [0.5, 0.6) is 0 Å². The first-order valence-corrected chi connectivity index (χ1v) is 10.8.